The summed E-state index contributed by atoms with van der Waals surface area (Å²) in [6, 6.07) is 13.5. The molecule has 2 aromatic carbocycles. The predicted molar refractivity (Wildman–Crippen MR) is 104 cm³/mol. The summed E-state index contributed by atoms with van der Waals surface area (Å²) in [5.74, 6) is 1.24. The topological polar surface area (TPSA) is 77.2 Å². The number of carboxylic acids is 1. The molecule has 0 amide bonds. The van der Waals surface area contributed by atoms with Crippen molar-refractivity contribution in [2.75, 3.05) is 7.11 Å². The third-order valence-corrected chi connectivity index (χ3v) is 4.78. The van der Waals surface area contributed by atoms with Gasteiger partial charge in [0.1, 0.15) is 17.4 Å². The molecule has 6 heteroatoms. The van der Waals surface area contributed by atoms with Gasteiger partial charge in [-0.05, 0) is 49.7 Å². The standard InChI is InChI=1S/C21H19N3O3/c1-12-16(11-20(25)26)17-10-14(27-3)8-9-19(17)24(12)21-15-6-4-5-7-18(15)22-13(2)23-21/h4-10H,11H2,1-3H3,(H,25,26). The maximum absolute atomic E-state index is 11.5. The average molecular weight is 361 g/mol. The van der Waals surface area contributed by atoms with E-state index in [9.17, 15) is 9.90 Å². The largest absolute Gasteiger partial charge is 0.497 e. The zero-order valence-corrected chi connectivity index (χ0v) is 15.4. The van der Waals surface area contributed by atoms with Crippen LogP contribution in [0.5, 0.6) is 5.75 Å². The van der Waals surface area contributed by atoms with E-state index in [0.717, 1.165) is 38.9 Å². The van der Waals surface area contributed by atoms with Crippen LogP contribution in [0.4, 0.5) is 0 Å². The minimum atomic E-state index is -0.872. The Morgan fingerprint density at radius 3 is 2.63 bits per heavy atom. The van der Waals surface area contributed by atoms with Crippen LogP contribution in [0.2, 0.25) is 0 Å². The van der Waals surface area contributed by atoms with Crippen molar-refractivity contribution in [3.8, 4) is 11.6 Å². The molecule has 4 aromatic rings. The van der Waals surface area contributed by atoms with Gasteiger partial charge in [-0.2, -0.15) is 0 Å². The van der Waals surface area contributed by atoms with Crippen molar-refractivity contribution in [2.45, 2.75) is 20.3 Å². The fraction of sp³-hybridized carbons (Fsp3) is 0.190. The van der Waals surface area contributed by atoms with E-state index in [-0.39, 0.29) is 6.42 Å². The van der Waals surface area contributed by atoms with Gasteiger partial charge in [-0.3, -0.25) is 9.36 Å². The number of benzene rings is 2. The Hall–Kier alpha value is -3.41. The van der Waals surface area contributed by atoms with Gasteiger partial charge < -0.3 is 9.84 Å². The Morgan fingerprint density at radius 1 is 1.11 bits per heavy atom. The van der Waals surface area contributed by atoms with Crippen molar-refractivity contribution in [2.24, 2.45) is 0 Å². The van der Waals surface area contributed by atoms with E-state index in [2.05, 4.69) is 4.98 Å². The van der Waals surface area contributed by atoms with Gasteiger partial charge in [0, 0.05) is 16.5 Å². The van der Waals surface area contributed by atoms with Crippen LogP contribution >= 0.6 is 0 Å². The van der Waals surface area contributed by atoms with Crippen LogP contribution in [0.1, 0.15) is 17.1 Å². The van der Waals surface area contributed by atoms with E-state index in [1.54, 1.807) is 7.11 Å². The van der Waals surface area contributed by atoms with Gasteiger partial charge in [0.15, 0.2) is 0 Å². The SMILES string of the molecule is COc1ccc2c(c1)c(CC(=O)O)c(C)n2-c1nc(C)nc2ccccc12. The number of methoxy groups -OCH3 is 1. The highest BCUT2D eigenvalue weighted by molar-refractivity contribution is 5.94. The summed E-state index contributed by atoms with van der Waals surface area (Å²) in [7, 11) is 1.60. The van der Waals surface area contributed by atoms with Crippen molar-refractivity contribution in [3.05, 3.63) is 59.5 Å². The summed E-state index contributed by atoms with van der Waals surface area (Å²) >= 11 is 0. The molecule has 0 bridgehead atoms. The molecular formula is C21H19N3O3. The summed E-state index contributed by atoms with van der Waals surface area (Å²) in [5.41, 5.74) is 3.36. The number of nitrogens with zero attached hydrogens (tertiary/aromatic N) is 3. The van der Waals surface area contributed by atoms with Gasteiger partial charge in [0.25, 0.3) is 0 Å². The minimum Gasteiger partial charge on any atom is -0.497 e. The number of aromatic nitrogens is 3. The third kappa shape index (κ3) is 2.79. The second-order valence-corrected chi connectivity index (χ2v) is 6.46. The highest BCUT2D eigenvalue weighted by atomic mass is 16.5. The Balaban J connectivity index is 2.12. The normalized spacial score (nSPS) is 11.2. The second-order valence-electron chi connectivity index (χ2n) is 6.46. The van der Waals surface area contributed by atoms with Crippen LogP contribution in [0, 0.1) is 13.8 Å². The van der Waals surface area contributed by atoms with E-state index in [1.165, 1.54) is 0 Å². The van der Waals surface area contributed by atoms with Crippen LogP contribution < -0.4 is 4.74 Å². The van der Waals surface area contributed by atoms with Gasteiger partial charge in [-0.1, -0.05) is 12.1 Å². The molecule has 4 rings (SSSR count). The molecule has 0 spiro atoms. The van der Waals surface area contributed by atoms with Gasteiger partial charge in [0.2, 0.25) is 0 Å². The number of carbonyl (C=O) groups is 1. The lowest BCUT2D eigenvalue weighted by atomic mass is 10.1. The van der Waals surface area contributed by atoms with E-state index in [1.807, 2.05) is 60.9 Å². The van der Waals surface area contributed by atoms with E-state index in [4.69, 9.17) is 9.72 Å². The van der Waals surface area contributed by atoms with Crippen molar-refractivity contribution >= 4 is 27.8 Å². The predicted octanol–water partition coefficient (Wildman–Crippen LogP) is 3.83. The van der Waals surface area contributed by atoms with Gasteiger partial charge in [-0.25, -0.2) is 9.97 Å². The molecule has 0 fully saturated rings. The summed E-state index contributed by atoms with van der Waals surface area (Å²) in [5, 5.41) is 11.2. The van der Waals surface area contributed by atoms with Crippen LogP contribution in [0.15, 0.2) is 42.5 Å². The zero-order chi connectivity index (χ0) is 19.1. The molecule has 0 atom stereocenters. The quantitative estimate of drug-likeness (QED) is 0.598. The van der Waals surface area contributed by atoms with Crippen molar-refractivity contribution in [1.82, 2.24) is 14.5 Å². The maximum atomic E-state index is 11.5. The zero-order valence-electron chi connectivity index (χ0n) is 15.4. The lowest BCUT2D eigenvalue weighted by Gasteiger charge is -2.12. The Bertz CT molecular complexity index is 1190. The van der Waals surface area contributed by atoms with E-state index < -0.39 is 5.97 Å². The Kier molecular flexibility index (Phi) is 4.03. The lowest BCUT2D eigenvalue weighted by molar-refractivity contribution is -0.136. The minimum absolute atomic E-state index is 0.0650. The monoisotopic (exact) mass is 361 g/mol. The molecule has 0 aliphatic rings. The first-order chi connectivity index (χ1) is 13.0. The van der Waals surface area contributed by atoms with Crippen molar-refractivity contribution in [1.29, 1.82) is 0 Å². The summed E-state index contributed by atoms with van der Waals surface area (Å²) in [4.78, 5) is 20.7. The molecule has 0 saturated heterocycles. The first kappa shape index (κ1) is 17.0. The highest BCUT2D eigenvalue weighted by Crippen LogP contribution is 2.33. The molecule has 0 saturated carbocycles. The molecule has 2 aromatic heterocycles. The number of aryl methyl sites for hydroxylation is 1. The van der Waals surface area contributed by atoms with E-state index >= 15 is 0 Å². The molecule has 136 valence electrons. The first-order valence-corrected chi connectivity index (χ1v) is 8.63. The maximum Gasteiger partial charge on any atom is 0.307 e. The van der Waals surface area contributed by atoms with Crippen LogP contribution in [0.25, 0.3) is 27.6 Å². The van der Waals surface area contributed by atoms with Crippen molar-refractivity contribution < 1.29 is 14.6 Å². The molecule has 2 heterocycles. The molecule has 0 aliphatic carbocycles. The van der Waals surface area contributed by atoms with E-state index in [0.29, 0.717) is 11.6 Å². The van der Waals surface area contributed by atoms with Crippen molar-refractivity contribution in [3.63, 3.8) is 0 Å². The molecule has 0 radical (unpaired) electrons. The number of rotatable bonds is 4. The van der Waals surface area contributed by atoms with Crippen LogP contribution in [-0.4, -0.2) is 32.7 Å². The number of hydrogen-bond acceptors (Lipinski definition) is 4. The number of aliphatic carboxylic acids is 1. The van der Waals surface area contributed by atoms with Gasteiger partial charge in [-0.15, -0.1) is 0 Å². The van der Waals surface area contributed by atoms with Gasteiger partial charge >= 0.3 is 5.97 Å². The summed E-state index contributed by atoms with van der Waals surface area (Å²) in [6.07, 6.45) is -0.0650. The number of hydrogen-bond donors (Lipinski definition) is 1. The molecule has 0 aliphatic heterocycles. The number of carboxylic acid groups (broad SMARTS) is 1. The Morgan fingerprint density at radius 2 is 1.89 bits per heavy atom. The average Bonchev–Trinajstić information content (AvgIpc) is 2.91. The third-order valence-electron chi connectivity index (χ3n) is 4.78. The summed E-state index contributed by atoms with van der Waals surface area (Å²) < 4.78 is 7.36. The smallest absolute Gasteiger partial charge is 0.307 e. The number of para-hydroxylation sites is 1. The molecule has 1 N–H and O–H groups in total. The molecule has 6 nitrogen and oxygen atoms in total. The fourth-order valence-corrected chi connectivity index (χ4v) is 3.58. The molecule has 0 unspecified atom stereocenters. The number of fused-ring (bicyclic) bond motifs is 2. The second kappa shape index (κ2) is 6.39. The Labute approximate surface area is 156 Å². The highest BCUT2D eigenvalue weighted by Gasteiger charge is 2.20. The summed E-state index contributed by atoms with van der Waals surface area (Å²) in [6.45, 7) is 3.79. The first-order valence-electron chi connectivity index (χ1n) is 8.63. The number of ether oxygens (including phenoxy) is 1. The molecule has 27 heavy (non-hydrogen) atoms. The fourth-order valence-electron chi connectivity index (χ4n) is 3.58. The van der Waals surface area contributed by atoms with Gasteiger partial charge in [0.05, 0.1) is 24.6 Å². The van der Waals surface area contributed by atoms with Crippen LogP contribution in [-0.2, 0) is 11.2 Å². The van der Waals surface area contributed by atoms with Crippen LogP contribution in [0.3, 0.4) is 0 Å². The molecular weight excluding hydrogens is 342 g/mol. The lowest BCUT2D eigenvalue weighted by Crippen LogP contribution is -2.06.